The Labute approximate surface area is 126 Å². The first-order valence-corrected chi connectivity index (χ1v) is 6.97. The third-order valence-corrected chi connectivity index (χ3v) is 2.98. The molecule has 0 fully saturated rings. The maximum Gasteiger partial charge on any atom is 0.316 e. The molecule has 1 aromatic carbocycles. The van der Waals surface area contributed by atoms with E-state index in [9.17, 15) is 9.59 Å². The predicted octanol–water partition coefficient (Wildman–Crippen LogP) is 3.90. The van der Waals surface area contributed by atoms with Crippen molar-refractivity contribution in [1.82, 2.24) is 0 Å². The fourth-order valence-corrected chi connectivity index (χ4v) is 1.81. The van der Waals surface area contributed by atoms with Gasteiger partial charge in [0, 0.05) is 5.41 Å². The van der Waals surface area contributed by atoms with Gasteiger partial charge >= 0.3 is 5.97 Å². The van der Waals surface area contributed by atoms with Gasteiger partial charge in [-0.2, -0.15) is 0 Å². The SMILES string of the molecule is CC(C)(C)C(=O)Oc1ccc(C(OC=O)C(C)(C)C)cc1. The molecule has 4 nitrogen and oxygen atoms in total. The van der Waals surface area contributed by atoms with Crippen LogP contribution in [0.15, 0.2) is 24.3 Å². The lowest BCUT2D eigenvalue weighted by molar-refractivity contribution is -0.143. The van der Waals surface area contributed by atoms with Crippen LogP contribution in [0.2, 0.25) is 0 Å². The molecule has 0 aliphatic heterocycles. The summed E-state index contributed by atoms with van der Waals surface area (Å²) in [5, 5.41) is 0. The number of carbonyl (C=O) groups is 2. The van der Waals surface area contributed by atoms with Gasteiger partial charge in [0.25, 0.3) is 6.47 Å². The lowest BCUT2D eigenvalue weighted by atomic mass is 9.84. The summed E-state index contributed by atoms with van der Waals surface area (Å²) in [6.45, 7) is 11.9. The smallest absolute Gasteiger partial charge is 0.316 e. The minimum atomic E-state index is -0.548. The zero-order valence-electron chi connectivity index (χ0n) is 13.6. The Morgan fingerprint density at radius 1 is 1.05 bits per heavy atom. The molecule has 0 bridgehead atoms. The molecule has 21 heavy (non-hydrogen) atoms. The van der Waals surface area contributed by atoms with Crippen molar-refractivity contribution in [3.63, 3.8) is 0 Å². The molecule has 1 rings (SSSR count). The predicted molar refractivity (Wildman–Crippen MR) is 80.9 cm³/mol. The maximum absolute atomic E-state index is 11.8. The van der Waals surface area contributed by atoms with Crippen LogP contribution in [0.1, 0.15) is 53.2 Å². The van der Waals surface area contributed by atoms with E-state index in [0.717, 1.165) is 5.56 Å². The number of ether oxygens (including phenoxy) is 2. The Kier molecular flexibility index (Phi) is 5.15. The molecule has 116 valence electrons. The Balaban J connectivity index is 2.91. The molecule has 0 N–H and O–H groups in total. The Bertz CT molecular complexity index is 489. The van der Waals surface area contributed by atoms with Crippen molar-refractivity contribution in [2.24, 2.45) is 10.8 Å². The Hall–Kier alpha value is -1.84. The summed E-state index contributed by atoms with van der Waals surface area (Å²) in [7, 11) is 0. The second-order valence-electron chi connectivity index (χ2n) is 7.19. The molecule has 0 radical (unpaired) electrons. The van der Waals surface area contributed by atoms with Gasteiger partial charge in [-0.15, -0.1) is 0 Å². The molecule has 0 spiro atoms. The minimum absolute atomic E-state index is 0.218. The minimum Gasteiger partial charge on any atom is -0.459 e. The summed E-state index contributed by atoms with van der Waals surface area (Å²) >= 11 is 0. The average molecular weight is 292 g/mol. The van der Waals surface area contributed by atoms with Crippen LogP contribution >= 0.6 is 0 Å². The van der Waals surface area contributed by atoms with Crippen LogP contribution in [-0.2, 0) is 14.3 Å². The van der Waals surface area contributed by atoms with E-state index in [2.05, 4.69) is 0 Å². The van der Waals surface area contributed by atoms with E-state index in [0.29, 0.717) is 12.2 Å². The number of benzene rings is 1. The number of hydrogen-bond donors (Lipinski definition) is 0. The van der Waals surface area contributed by atoms with Gasteiger partial charge in [0.2, 0.25) is 0 Å². The molecule has 1 atom stereocenters. The number of hydrogen-bond acceptors (Lipinski definition) is 4. The van der Waals surface area contributed by atoms with Crippen LogP contribution in [0.25, 0.3) is 0 Å². The van der Waals surface area contributed by atoms with Gasteiger partial charge < -0.3 is 9.47 Å². The van der Waals surface area contributed by atoms with E-state index in [1.807, 2.05) is 32.9 Å². The van der Waals surface area contributed by atoms with E-state index in [-0.39, 0.29) is 17.5 Å². The van der Waals surface area contributed by atoms with Crippen LogP contribution in [0.3, 0.4) is 0 Å². The van der Waals surface area contributed by atoms with Crippen LogP contribution in [-0.4, -0.2) is 12.4 Å². The normalized spacial score (nSPS) is 13.4. The van der Waals surface area contributed by atoms with Crippen LogP contribution in [0.5, 0.6) is 5.75 Å². The maximum atomic E-state index is 11.8. The molecule has 4 heteroatoms. The molecule has 0 saturated carbocycles. The fraction of sp³-hybridized carbons (Fsp3) is 0.529. The standard InChI is InChI=1S/C17H24O4/c1-16(2,3)14(20-11-18)12-7-9-13(10-8-12)21-15(19)17(4,5)6/h7-11,14H,1-6H3. The van der Waals surface area contributed by atoms with Gasteiger partial charge in [0.05, 0.1) is 5.41 Å². The van der Waals surface area contributed by atoms with Gasteiger partial charge in [-0.3, -0.25) is 9.59 Å². The van der Waals surface area contributed by atoms with E-state index in [1.54, 1.807) is 32.9 Å². The molecule has 0 aliphatic carbocycles. The highest BCUT2D eigenvalue weighted by molar-refractivity contribution is 5.77. The molecule has 0 saturated heterocycles. The highest BCUT2D eigenvalue weighted by Gasteiger charge is 2.28. The molecular formula is C17H24O4. The average Bonchev–Trinajstić information content (AvgIpc) is 2.34. The fourth-order valence-electron chi connectivity index (χ4n) is 1.81. The molecule has 0 aromatic heterocycles. The molecule has 0 heterocycles. The third-order valence-electron chi connectivity index (χ3n) is 2.98. The molecule has 0 amide bonds. The Morgan fingerprint density at radius 3 is 1.95 bits per heavy atom. The zero-order valence-corrected chi connectivity index (χ0v) is 13.6. The van der Waals surface area contributed by atoms with Crippen molar-refractivity contribution < 1.29 is 19.1 Å². The molecule has 1 unspecified atom stereocenters. The third kappa shape index (κ3) is 4.88. The topological polar surface area (TPSA) is 52.6 Å². The Morgan fingerprint density at radius 2 is 1.57 bits per heavy atom. The highest BCUT2D eigenvalue weighted by Crippen LogP contribution is 2.36. The largest absolute Gasteiger partial charge is 0.459 e. The van der Waals surface area contributed by atoms with Gasteiger partial charge in [-0.1, -0.05) is 32.9 Å². The van der Waals surface area contributed by atoms with Crippen molar-refractivity contribution >= 4 is 12.4 Å². The van der Waals surface area contributed by atoms with Crippen molar-refractivity contribution in [1.29, 1.82) is 0 Å². The van der Waals surface area contributed by atoms with Crippen LogP contribution < -0.4 is 4.74 Å². The summed E-state index contributed by atoms with van der Waals surface area (Å²) < 4.78 is 10.5. The summed E-state index contributed by atoms with van der Waals surface area (Å²) in [6, 6.07) is 7.05. The van der Waals surface area contributed by atoms with Gasteiger partial charge in [0.15, 0.2) is 0 Å². The summed E-state index contributed by atoms with van der Waals surface area (Å²) in [5.74, 6) is 0.198. The van der Waals surface area contributed by atoms with Crippen LogP contribution in [0.4, 0.5) is 0 Å². The van der Waals surface area contributed by atoms with Gasteiger partial charge in [0.1, 0.15) is 11.9 Å². The lowest BCUT2D eigenvalue weighted by Gasteiger charge is -2.29. The molecular weight excluding hydrogens is 268 g/mol. The molecule has 0 aliphatic rings. The van der Waals surface area contributed by atoms with Gasteiger partial charge in [-0.25, -0.2) is 0 Å². The lowest BCUT2D eigenvalue weighted by Crippen LogP contribution is -2.25. The molecule has 1 aromatic rings. The van der Waals surface area contributed by atoms with Gasteiger partial charge in [-0.05, 0) is 38.5 Å². The first-order valence-electron chi connectivity index (χ1n) is 6.97. The number of esters is 1. The van der Waals surface area contributed by atoms with E-state index < -0.39 is 5.41 Å². The summed E-state index contributed by atoms with van der Waals surface area (Å²) in [6.07, 6.45) is -0.345. The zero-order chi connectivity index (χ0) is 16.3. The first kappa shape index (κ1) is 17.2. The monoisotopic (exact) mass is 292 g/mol. The van der Waals surface area contributed by atoms with E-state index in [4.69, 9.17) is 9.47 Å². The highest BCUT2D eigenvalue weighted by atomic mass is 16.5. The van der Waals surface area contributed by atoms with Crippen molar-refractivity contribution in [2.75, 3.05) is 0 Å². The summed E-state index contributed by atoms with van der Waals surface area (Å²) in [5.41, 5.74) is 0.0998. The first-order chi connectivity index (χ1) is 9.55. The number of rotatable bonds is 4. The van der Waals surface area contributed by atoms with Crippen molar-refractivity contribution in [3.05, 3.63) is 29.8 Å². The van der Waals surface area contributed by atoms with Crippen LogP contribution in [0, 0.1) is 10.8 Å². The second-order valence-corrected chi connectivity index (χ2v) is 7.19. The van der Waals surface area contributed by atoms with E-state index >= 15 is 0 Å². The van der Waals surface area contributed by atoms with E-state index in [1.165, 1.54) is 0 Å². The van der Waals surface area contributed by atoms with Crippen molar-refractivity contribution in [3.8, 4) is 5.75 Å². The number of carbonyl (C=O) groups excluding carboxylic acids is 2. The quantitative estimate of drug-likeness (QED) is 0.480. The summed E-state index contributed by atoms with van der Waals surface area (Å²) in [4.78, 5) is 22.5. The van der Waals surface area contributed by atoms with Crippen molar-refractivity contribution in [2.45, 2.75) is 47.6 Å². The second kappa shape index (κ2) is 6.29.